The molecule has 5 nitrogen and oxygen atoms in total. The minimum Gasteiger partial charge on any atom is -0.493 e. The van der Waals surface area contributed by atoms with E-state index < -0.39 is 0 Å². The van der Waals surface area contributed by atoms with Crippen LogP contribution in [-0.4, -0.2) is 21.4 Å². The molecule has 3 rings (SSSR count). The smallest absolute Gasteiger partial charge is 0.154 e. The van der Waals surface area contributed by atoms with Crippen LogP contribution in [0.3, 0.4) is 0 Å². The molecule has 0 bridgehead atoms. The van der Waals surface area contributed by atoms with Gasteiger partial charge in [0.25, 0.3) is 0 Å². The highest BCUT2D eigenvalue weighted by molar-refractivity contribution is 5.20. The molecule has 0 fully saturated rings. The van der Waals surface area contributed by atoms with E-state index in [0.29, 0.717) is 13.0 Å². The number of hydrogen-bond donors (Lipinski definition) is 1. The van der Waals surface area contributed by atoms with Crippen molar-refractivity contribution in [1.29, 1.82) is 0 Å². The molecule has 1 aromatic carbocycles. The summed E-state index contributed by atoms with van der Waals surface area (Å²) in [5, 5.41) is 4.48. The molecule has 2 aromatic rings. The van der Waals surface area contributed by atoms with Gasteiger partial charge in [0, 0.05) is 13.0 Å². The van der Waals surface area contributed by atoms with Crippen LogP contribution in [0.25, 0.3) is 0 Å². The molecule has 2 N–H and O–H groups in total. The lowest BCUT2D eigenvalue weighted by molar-refractivity contribution is 0.318. The first-order valence-corrected chi connectivity index (χ1v) is 6.70. The Bertz CT molecular complexity index is 538. The summed E-state index contributed by atoms with van der Waals surface area (Å²) in [7, 11) is 0. The van der Waals surface area contributed by atoms with Crippen LogP contribution in [0, 0.1) is 0 Å². The average molecular weight is 258 g/mol. The van der Waals surface area contributed by atoms with Crippen molar-refractivity contribution in [2.45, 2.75) is 31.8 Å². The van der Waals surface area contributed by atoms with Gasteiger partial charge in [0.15, 0.2) is 5.82 Å². The third-order valence-electron chi connectivity index (χ3n) is 3.30. The number of ether oxygens (including phenoxy) is 1. The van der Waals surface area contributed by atoms with Gasteiger partial charge < -0.3 is 10.5 Å². The quantitative estimate of drug-likeness (QED) is 0.906. The van der Waals surface area contributed by atoms with E-state index in [1.165, 1.54) is 0 Å². The molecule has 1 atom stereocenters. The van der Waals surface area contributed by atoms with Crippen molar-refractivity contribution >= 4 is 0 Å². The van der Waals surface area contributed by atoms with Gasteiger partial charge in [0.05, 0.1) is 12.6 Å². The van der Waals surface area contributed by atoms with E-state index in [1.807, 2.05) is 35.0 Å². The van der Waals surface area contributed by atoms with Crippen molar-refractivity contribution in [3.05, 3.63) is 42.0 Å². The van der Waals surface area contributed by atoms with Gasteiger partial charge in [-0.1, -0.05) is 18.2 Å². The van der Waals surface area contributed by atoms with Gasteiger partial charge in [-0.25, -0.2) is 9.67 Å². The van der Waals surface area contributed by atoms with E-state index in [4.69, 9.17) is 10.5 Å². The van der Waals surface area contributed by atoms with Crippen molar-refractivity contribution in [3.63, 3.8) is 0 Å². The van der Waals surface area contributed by atoms with Gasteiger partial charge in [-0.3, -0.25) is 0 Å². The summed E-state index contributed by atoms with van der Waals surface area (Å²) in [6, 6.07) is 9.82. The van der Waals surface area contributed by atoms with Crippen molar-refractivity contribution in [3.8, 4) is 5.75 Å². The molecule has 0 aliphatic carbocycles. The van der Waals surface area contributed by atoms with Gasteiger partial charge in [-0.05, 0) is 25.0 Å². The Morgan fingerprint density at radius 3 is 2.95 bits per heavy atom. The SMILES string of the molecule is NC1CCCn2nc(CCOc3ccccc3)nc21. The predicted octanol–water partition coefficient (Wildman–Crippen LogP) is 1.69. The highest BCUT2D eigenvalue weighted by Crippen LogP contribution is 2.20. The van der Waals surface area contributed by atoms with Gasteiger partial charge >= 0.3 is 0 Å². The summed E-state index contributed by atoms with van der Waals surface area (Å²) in [5.74, 6) is 2.62. The van der Waals surface area contributed by atoms with Gasteiger partial charge in [-0.2, -0.15) is 5.10 Å². The molecule has 0 spiro atoms. The summed E-state index contributed by atoms with van der Waals surface area (Å²) in [6.07, 6.45) is 2.79. The zero-order chi connectivity index (χ0) is 13.1. The molecule has 1 aromatic heterocycles. The third-order valence-corrected chi connectivity index (χ3v) is 3.30. The zero-order valence-corrected chi connectivity index (χ0v) is 10.8. The summed E-state index contributed by atoms with van der Waals surface area (Å²) >= 11 is 0. The van der Waals surface area contributed by atoms with Crippen LogP contribution in [0.1, 0.15) is 30.5 Å². The lowest BCUT2D eigenvalue weighted by atomic mass is 10.1. The van der Waals surface area contributed by atoms with Crippen molar-refractivity contribution in [2.75, 3.05) is 6.61 Å². The number of aryl methyl sites for hydroxylation is 1. The normalized spacial score (nSPS) is 18.1. The van der Waals surface area contributed by atoms with E-state index in [9.17, 15) is 0 Å². The lowest BCUT2D eigenvalue weighted by Crippen LogP contribution is -2.22. The molecule has 0 saturated heterocycles. The Kier molecular flexibility index (Phi) is 3.46. The summed E-state index contributed by atoms with van der Waals surface area (Å²) in [4.78, 5) is 4.51. The monoisotopic (exact) mass is 258 g/mol. The fourth-order valence-electron chi connectivity index (χ4n) is 2.31. The van der Waals surface area contributed by atoms with E-state index >= 15 is 0 Å². The number of para-hydroxylation sites is 1. The van der Waals surface area contributed by atoms with Gasteiger partial charge in [0.2, 0.25) is 0 Å². The van der Waals surface area contributed by atoms with E-state index in [1.54, 1.807) is 0 Å². The summed E-state index contributed by atoms with van der Waals surface area (Å²) in [6.45, 7) is 1.51. The van der Waals surface area contributed by atoms with Crippen LogP contribution in [0.5, 0.6) is 5.75 Å². The first-order valence-electron chi connectivity index (χ1n) is 6.70. The van der Waals surface area contributed by atoms with E-state index in [2.05, 4.69) is 10.1 Å². The third kappa shape index (κ3) is 2.76. The molecule has 1 aliphatic heterocycles. The molecule has 2 heterocycles. The largest absolute Gasteiger partial charge is 0.493 e. The Morgan fingerprint density at radius 2 is 2.16 bits per heavy atom. The maximum Gasteiger partial charge on any atom is 0.154 e. The molecule has 19 heavy (non-hydrogen) atoms. The number of benzene rings is 1. The number of nitrogens with two attached hydrogens (primary N) is 1. The van der Waals surface area contributed by atoms with E-state index in [-0.39, 0.29) is 6.04 Å². The fraction of sp³-hybridized carbons (Fsp3) is 0.429. The average Bonchev–Trinajstić information content (AvgIpc) is 2.84. The first-order chi connectivity index (χ1) is 9.33. The Morgan fingerprint density at radius 1 is 1.32 bits per heavy atom. The standard InChI is InChI=1S/C14H18N4O/c15-12-7-4-9-18-14(12)16-13(17-18)8-10-19-11-5-2-1-3-6-11/h1-3,5-6,12H,4,7-10,15H2. The summed E-state index contributed by atoms with van der Waals surface area (Å²) in [5.41, 5.74) is 6.02. The molecule has 1 unspecified atom stereocenters. The fourth-order valence-corrected chi connectivity index (χ4v) is 2.31. The van der Waals surface area contributed by atoms with Crippen LogP contribution in [0.15, 0.2) is 30.3 Å². The lowest BCUT2D eigenvalue weighted by Gasteiger charge is -2.17. The zero-order valence-electron chi connectivity index (χ0n) is 10.8. The molecule has 1 aliphatic rings. The molecule has 5 heteroatoms. The maximum absolute atomic E-state index is 6.02. The van der Waals surface area contributed by atoms with Crippen molar-refractivity contribution < 1.29 is 4.74 Å². The topological polar surface area (TPSA) is 66.0 Å². The highest BCUT2D eigenvalue weighted by atomic mass is 16.5. The Hall–Kier alpha value is -1.88. The molecule has 0 amide bonds. The number of nitrogens with zero attached hydrogens (tertiary/aromatic N) is 3. The van der Waals surface area contributed by atoms with Crippen LogP contribution < -0.4 is 10.5 Å². The second-order valence-corrected chi connectivity index (χ2v) is 4.77. The Labute approximate surface area is 112 Å². The summed E-state index contributed by atoms with van der Waals surface area (Å²) < 4.78 is 7.58. The molecule has 100 valence electrons. The van der Waals surface area contributed by atoms with Gasteiger partial charge in [0.1, 0.15) is 11.6 Å². The van der Waals surface area contributed by atoms with Crippen molar-refractivity contribution in [2.24, 2.45) is 5.73 Å². The van der Waals surface area contributed by atoms with Gasteiger partial charge in [-0.15, -0.1) is 0 Å². The predicted molar refractivity (Wildman–Crippen MR) is 71.8 cm³/mol. The molecular weight excluding hydrogens is 240 g/mol. The maximum atomic E-state index is 6.02. The number of aromatic nitrogens is 3. The van der Waals surface area contributed by atoms with Crippen LogP contribution >= 0.6 is 0 Å². The first kappa shape index (κ1) is 12.2. The second-order valence-electron chi connectivity index (χ2n) is 4.77. The number of fused-ring (bicyclic) bond motifs is 1. The second kappa shape index (κ2) is 5.40. The van der Waals surface area contributed by atoms with E-state index in [0.717, 1.165) is 36.8 Å². The highest BCUT2D eigenvalue weighted by Gasteiger charge is 2.20. The van der Waals surface area contributed by atoms with Crippen LogP contribution in [-0.2, 0) is 13.0 Å². The Balaban J connectivity index is 1.59. The number of hydrogen-bond acceptors (Lipinski definition) is 4. The minimum atomic E-state index is 0.0324. The molecule has 0 radical (unpaired) electrons. The number of rotatable bonds is 4. The van der Waals surface area contributed by atoms with Crippen molar-refractivity contribution in [1.82, 2.24) is 14.8 Å². The molecular formula is C14H18N4O. The minimum absolute atomic E-state index is 0.0324. The molecule has 0 saturated carbocycles. The van der Waals surface area contributed by atoms with Crippen LogP contribution in [0.4, 0.5) is 0 Å². The van der Waals surface area contributed by atoms with Crippen LogP contribution in [0.2, 0.25) is 0 Å².